The molecule has 0 aliphatic carbocycles. The second-order valence-electron chi connectivity index (χ2n) is 4.08. The van der Waals surface area contributed by atoms with Gasteiger partial charge in [0.25, 0.3) is 0 Å². The summed E-state index contributed by atoms with van der Waals surface area (Å²) in [6, 6.07) is -0.605. The van der Waals surface area contributed by atoms with Crippen LogP contribution in [0, 0.1) is 5.92 Å². The number of nitrogens with one attached hydrogen (secondary N) is 2. The van der Waals surface area contributed by atoms with Crippen molar-refractivity contribution in [1.29, 1.82) is 0 Å². The van der Waals surface area contributed by atoms with Gasteiger partial charge in [0.2, 0.25) is 5.91 Å². The Hall–Kier alpha value is -1.59. The lowest BCUT2D eigenvalue weighted by molar-refractivity contribution is -0.138. The van der Waals surface area contributed by atoms with Crippen molar-refractivity contribution in [2.24, 2.45) is 5.92 Å². The number of carbonyl (C=O) groups is 3. The molecule has 0 spiro atoms. The third kappa shape index (κ3) is 7.78. The van der Waals surface area contributed by atoms with Crippen molar-refractivity contribution < 1.29 is 19.5 Å². The van der Waals surface area contributed by atoms with E-state index in [4.69, 9.17) is 5.11 Å². The Morgan fingerprint density at radius 2 is 1.69 bits per heavy atom. The fourth-order valence-electron chi connectivity index (χ4n) is 1.16. The third-order valence-electron chi connectivity index (χ3n) is 1.73. The molecule has 0 radical (unpaired) electrons. The number of rotatable bonds is 5. The average molecular weight is 230 g/mol. The second-order valence-corrected chi connectivity index (χ2v) is 4.08. The van der Waals surface area contributed by atoms with E-state index in [1.807, 2.05) is 0 Å². The van der Waals surface area contributed by atoms with Crippen molar-refractivity contribution in [3.8, 4) is 0 Å². The van der Waals surface area contributed by atoms with Crippen molar-refractivity contribution in [2.75, 3.05) is 0 Å². The first-order valence-corrected chi connectivity index (χ1v) is 5.13. The lowest BCUT2D eigenvalue weighted by Crippen LogP contribution is -2.42. The molecule has 0 saturated heterocycles. The molecule has 0 rings (SSSR count). The Morgan fingerprint density at radius 3 is 2.12 bits per heavy atom. The molecule has 0 saturated carbocycles. The van der Waals surface area contributed by atoms with Gasteiger partial charge in [-0.2, -0.15) is 0 Å². The monoisotopic (exact) mass is 230 g/mol. The van der Waals surface area contributed by atoms with E-state index in [1.54, 1.807) is 20.8 Å². The molecular formula is C10H18N2O4. The molecular weight excluding hydrogens is 212 g/mol. The van der Waals surface area contributed by atoms with Crippen LogP contribution in [-0.4, -0.2) is 29.1 Å². The number of hydrogen-bond acceptors (Lipinski definition) is 3. The average Bonchev–Trinajstić information content (AvgIpc) is 1.97. The van der Waals surface area contributed by atoms with Crippen molar-refractivity contribution >= 4 is 17.9 Å². The lowest BCUT2D eigenvalue weighted by Gasteiger charge is -2.11. The minimum Gasteiger partial charge on any atom is -0.481 e. The van der Waals surface area contributed by atoms with Crippen LogP contribution < -0.4 is 10.6 Å². The van der Waals surface area contributed by atoms with Crippen molar-refractivity contribution in [1.82, 2.24) is 10.6 Å². The first-order valence-electron chi connectivity index (χ1n) is 5.13. The number of carboxylic acids is 1. The summed E-state index contributed by atoms with van der Waals surface area (Å²) in [6.07, 6.45) is -0.0585. The van der Waals surface area contributed by atoms with Gasteiger partial charge in [0.1, 0.15) is 0 Å². The standard InChI is InChI=1S/C10H18N2O4/c1-6(2)11-10(16)12-8(13)4-7(3)5-9(14)15/h6-7H,4-5H2,1-3H3,(H,14,15)(H2,11,12,13,16). The summed E-state index contributed by atoms with van der Waals surface area (Å²) in [6.45, 7) is 5.20. The molecule has 0 bridgehead atoms. The lowest BCUT2D eigenvalue weighted by atomic mass is 10.0. The summed E-state index contributed by atoms with van der Waals surface area (Å²) in [7, 11) is 0. The molecule has 0 fully saturated rings. The Kier molecular flexibility index (Phi) is 6.14. The Morgan fingerprint density at radius 1 is 1.12 bits per heavy atom. The number of imide groups is 1. The number of aliphatic carboxylic acids is 1. The zero-order valence-electron chi connectivity index (χ0n) is 9.74. The first kappa shape index (κ1) is 14.4. The third-order valence-corrected chi connectivity index (χ3v) is 1.73. The Labute approximate surface area is 94.4 Å². The molecule has 0 heterocycles. The fraction of sp³-hybridized carbons (Fsp3) is 0.700. The molecule has 6 heteroatoms. The number of amides is 3. The van der Waals surface area contributed by atoms with Crippen LogP contribution >= 0.6 is 0 Å². The number of carbonyl (C=O) groups excluding carboxylic acids is 2. The molecule has 1 unspecified atom stereocenters. The molecule has 0 aliphatic heterocycles. The largest absolute Gasteiger partial charge is 0.481 e. The second kappa shape index (κ2) is 6.81. The van der Waals surface area contributed by atoms with Crippen molar-refractivity contribution in [2.45, 2.75) is 39.7 Å². The Bertz CT molecular complexity index is 276. The van der Waals surface area contributed by atoms with Gasteiger partial charge in [0, 0.05) is 18.9 Å². The normalized spacial score (nSPS) is 12.0. The summed E-state index contributed by atoms with van der Waals surface area (Å²) in [4.78, 5) is 32.7. The zero-order chi connectivity index (χ0) is 12.7. The topological polar surface area (TPSA) is 95.5 Å². The highest BCUT2D eigenvalue weighted by Crippen LogP contribution is 2.06. The van der Waals surface area contributed by atoms with E-state index in [1.165, 1.54) is 0 Å². The van der Waals surface area contributed by atoms with Gasteiger partial charge in [0.05, 0.1) is 0 Å². The van der Waals surface area contributed by atoms with Gasteiger partial charge in [-0.3, -0.25) is 14.9 Å². The maximum atomic E-state index is 11.3. The van der Waals surface area contributed by atoms with Crippen LogP contribution in [0.15, 0.2) is 0 Å². The molecule has 0 aromatic heterocycles. The zero-order valence-corrected chi connectivity index (χ0v) is 9.74. The highest BCUT2D eigenvalue weighted by molar-refractivity contribution is 5.94. The summed E-state index contributed by atoms with van der Waals surface area (Å²) in [5, 5.41) is 13.1. The maximum absolute atomic E-state index is 11.3. The molecule has 3 N–H and O–H groups in total. The SMILES string of the molecule is CC(CC(=O)O)CC(=O)NC(=O)NC(C)C. The van der Waals surface area contributed by atoms with Crippen LogP contribution in [0.3, 0.4) is 0 Å². The molecule has 6 nitrogen and oxygen atoms in total. The number of carboxylic acid groups (broad SMARTS) is 1. The molecule has 92 valence electrons. The van der Waals surface area contributed by atoms with Gasteiger partial charge >= 0.3 is 12.0 Å². The molecule has 16 heavy (non-hydrogen) atoms. The van der Waals surface area contributed by atoms with Crippen LogP contribution in [0.1, 0.15) is 33.6 Å². The van der Waals surface area contributed by atoms with E-state index in [2.05, 4.69) is 10.6 Å². The minimum atomic E-state index is -0.952. The van der Waals surface area contributed by atoms with E-state index in [-0.39, 0.29) is 24.8 Å². The van der Waals surface area contributed by atoms with E-state index < -0.39 is 17.9 Å². The van der Waals surface area contributed by atoms with Crippen molar-refractivity contribution in [3.05, 3.63) is 0 Å². The first-order chi connectivity index (χ1) is 7.31. The summed E-state index contributed by atoms with van der Waals surface area (Å²) < 4.78 is 0. The van der Waals surface area contributed by atoms with Gasteiger partial charge in [0.15, 0.2) is 0 Å². The van der Waals surface area contributed by atoms with E-state index in [0.29, 0.717) is 0 Å². The Balaban J connectivity index is 3.90. The smallest absolute Gasteiger partial charge is 0.321 e. The number of urea groups is 1. The predicted octanol–water partition coefficient (Wildman–Crippen LogP) is 0.721. The van der Waals surface area contributed by atoms with Crippen LogP contribution in [0.2, 0.25) is 0 Å². The van der Waals surface area contributed by atoms with Crippen LogP contribution in [0.25, 0.3) is 0 Å². The highest BCUT2D eigenvalue weighted by Gasteiger charge is 2.14. The molecule has 0 aromatic carbocycles. The minimum absolute atomic E-state index is 0.0256. The van der Waals surface area contributed by atoms with Gasteiger partial charge in [-0.15, -0.1) is 0 Å². The molecule has 0 aromatic rings. The van der Waals surface area contributed by atoms with Gasteiger partial charge in [-0.05, 0) is 19.8 Å². The van der Waals surface area contributed by atoms with Crippen LogP contribution in [-0.2, 0) is 9.59 Å². The van der Waals surface area contributed by atoms with E-state index >= 15 is 0 Å². The number of hydrogen-bond donors (Lipinski definition) is 3. The summed E-state index contributed by atoms with van der Waals surface area (Å²) >= 11 is 0. The predicted molar refractivity (Wildman–Crippen MR) is 57.8 cm³/mol. The van der Waals surface area contributed by atoms with E-state index in [0.717, 1.165) is 0 Å². The highest BCUT2D eigenvalue weighted by atomic mass is 16.4. The van der Waals surface area contributed by atoms with Crippen LogP contribution in [0.4, 0.5) is 4.79 Å². The summed E-state index contributed by atoms with van der Waals surface area (Å²) in [5.74, 6) is -1.71. The maximum Gasteiger partial charge on any atom is 0.321 e. The molecule has 1 atom stereocenters. The fourth-order valence-corrected chi connectivity index (χ4v) is 1.16. The molecule has 3 amide bonds. The quantitative estimate of drug-likeness (QED) is 0.648. The summed E-state index contributed by atoms with van der Waals surface area (Å²) in [5.41, 5.74) is 0. The van der Waals surface area contributed by atoms with Gasteiger partial charge in [-0.25, -0.2) is 4.79 Å². The molecule has 0 aliphatic rings. The van der Waals surface area contributed by atoms with Gasteiger partial charge < -0.3 is 10.4 Å². The van der Waals surface area contributed by atoms with Crippen molar-refractivity contribution in [3.63, 3.8) is 0 Å². The van der Waals surface area contributed by atoms with E-state index in [9.17, 15) is 14.4 Å². The van der Waals surface area contributed by atoms with Gasteiger partial charge in [-0.1, -0.05) is 6.92 Å². The van der Waals surface area contributed by atoms with Crippen LogP contribution in [0.5, 0.6) is 0 Å².